The number of rotatable bonds is 12. The number of hydrogen-bond donors (Lipinski definition) is 2. The topological polar surface area (TPSA) is 123 Å². The fourth-order valence-corrected chi connectivity index (χ4v) is 2.35. The summed E-state index contributed by atoms with van der Waals surface area (Å²) in [7, 11) is 0. The van der Waals surface area contributed by atoms with Crippen LogP contribution in [-0.4, -0.2) is 58.6 Å². The van der Waals surface area contributed by atoms with Gasteiger partial charge in [-0.15, -0.1) is 0 Å². The molecule has 1 aliphatic rings. The van der Waals surface area contributed by atoms with E-state index < -0.39 is 41.8 Å². The summed E-state index contributed by atoms with van der Waals surface area (Å²) in [5.41, 5.74) is -0.682. The molecule has 1 heterocycles. The Kier molecular flexibility index (Phi) is 9.95. The van der Waals surface area contributed by atoms with E-state index in [0.717, 1.165) is 6.08 Å². The molecule has 0 aromatic carbocycles. The third-order valence-electron chi connectivity index (χ3n) is 4.81. The number of aliphatic hydroxyl groups is 1. The number of aliphatic carboxylic acids is 1. The maximum absolute atomic E-state index is 12.8. The summed E-state index contributed by atoms with van der Waals surface area (Å²) in [4.78, 5) is 35.4. The summed E-state index contributed by atoms with van der Waals surface area (Å²) in [5.74, 6) is -3.28. The minimum absolute atomic E-state index is 0.306. The van der Waals surface area contributed by atoms with E-state index in [1.54, 1.807) is 45.9 Å². The molecule has 1 rings (SSSR count). The van der Waals surface area contributed by atoms with Crippen LogP contribution in [0.5, 0.6) is 0 Å². The monoisotopic (exact) mass is 424 g/mol. The Morgan fingerprint density at radius 2 is 1.67 bits per heavy atom. The Labute approximate surface area is 177 Å². The molecular formula is C22H32O8. The van der Waals surface area contributed by atoms with Gasteiger partial charge in [-0.1, -0.05) is 52.0 Å². The molecule has 2 N–H and O–H groups in total. The van der Waals surface area contributed by atoms with Gasteiger partial charge in [0.05, 0.1) is 6.61 Å². The number of carbonyl (C=O) groups excluding carboxylic acids is 2. The third-order valence-corrected chi connectivity index (χ3v) is 4.81. The lowest BCUT2D eigenvalue weighted by molar-refractivity contribution is -0.181. The predicted molar refractivity (Wildman–Crippen MR) is 109 cm³/mol. The standard InChI is InChI=1S/C22H32O8/c1-6-15(4)19(30-20(26)18(25)14(2)3)21(27)29-16(22(5)13-28-22)11-9-7-8-10-12-17(23)24/h7-12,14-16,18-19,25H,6,13H2,1-5H3,(H,23,24)/b8-7+,11-9+,12-10+/t15-,16+,18?,19+,22-/m0/s1. The quantitative estimate of drug-likeness (QED) is 0.212. The SMILES string of the molecule is CC[C@H](C)[C@@H](OC(=O)C(O)C(C)C)C(=O)O[C@H](/C=C/C=C/C=C/C(=O)O)[C@]1(C)CO1. The minimum Gasteiger partial charge on any atom is -0.478 e. The summed E-state index contributed by atoms with van der Waals surface area (Å²) in [5, 5.41) is 18.5. The molecule has 0 aromatic rings. The van der Waals surface area contributed by atoms with Crippen molar-refractivity contribution in [2.45, 2.75) is 65.0 Å². The first-order chi connectivity index (χ1) is 14.0. The first-order valence-corrected chi connectivity index (χ1v) is 9.99. The molecule has 1 aliphatic heterocycles. The molecule has 8 nitrogen and oxygen atoms in total. The van der Waals surface area contributed by atoms with E-state index in [0.29, 0.717) is 13.0 Å². The van der Waals surface area contributed by atoms with E-state index >= 15 is 0 Å². The lowest BCUT2D eigenvalue weighted by Gasteiger charge is -2.26. The molecule has 5 atom stereocenters. The average molecular weight is 424 g/mol. The number of carbonyl (C=O) groups is 3. The fourth-order valence-electron chi connectivity index (χ4n) is 2.35. The highest BCUT2D eigenvalue weighted by Gasteiger charge is 2.49. The van der Waals surface area contributed by atoms with Crippen LogP contribution in [-0.2, 0) is 28.6 Å². The molecule has 0 aliphatic carbocycles. The van der Waals surface area contributed by atoms with Gasteiger partial charge >= 0.3 is 17.9 Å². The molecule has 8 heteroatoms. The van der Waals surface area contributed by atoms with E-state index in [4.69, 9.17) is 19.3 Å². The molecule has 0 amide bonds. The number of aliphatic hydroxyl groups excluding tert-OH is 1. The van der Waals surface area contributed by atoms with Gasteiger partial charge in [-0.2, -0.15) is 0 Å². The summed E-state index contributed by atoms with van der Waals surface area (Å²) in [6.07, 6.45) is 6.07. The summed E-state index contributed by atoms with van der Waals surface area (Å²) >= 11 is 0. The van der Waals surface area contributed by atoms with Crippen LogP contribution >= 0.6 is 0 Å². The molecular weight excluding hydrogens is 392 g/mol. The molecule has 1 unspecified atom stereocenters. The van der Waals surface area contributed by atoms with Crippen LogP contribution in [0.15, 0.2) is 36.5 Å². The van der Waals surface area contributed by atoms with Crippen molar-refractivity contribution in [3.05, 3.63) is 36.5 Å². The molecule has 0 aromatic heterocycles. The van der Waals surface area contributed by atoms with Gasteiger partial charge < -0.3 is 24.4 Å². The second kappa shape index (κ2) is 11.7. The number of allylic oxidation sites excluding steroid dienone is 4. The zero-order valence-electron chi connectivity index (χ0n) is 18.1. The van der Waals surface area contributed by atoms with E-state index in [-0.39, 0.29) is 11.8 Å². The number of hydrogen-bond acceptors (Lipinski definition) is 7. The molecule has 1 fully saturated rings. The first kappa shape index (κ1) is 25.6. The number of carboxylic acids is 1. The highest BCUT2D eigenvalue weighted by atomic mass is 16.6. The Hall–Kier alpha value is -2.45. The summed E-state index contributed by atoms with van der Waals surface area (Å²) < 4.78 is 16.3. The lowest BCUT2D eigenvalue weighted by Crippen LogP contribution is -2.42. The van der Waals surface area contributed by atoms with Gasteiger partial charge in [-0.05, 0) is 25.3 Å². The van der Waals surface area contributed by atoms with Gasteiger partial charge in [-0.3, -0.25) is 0 Å². The zero-order valence-corrected chi connectivity index (χ0v) is 18.1. The molecule has 30 heavy (non-hydrogen) atoms. The van der Waals surface area contributed by atoms with Crippen LogP contribution in [0.2, 0.25) is 0 Å². The van der Waals surface area contributed by atoms with Crippen LogP contribution in [0, 0.1) is 11.8 Å². The Morgan fingerprint density at radius 1 is 1.07 bits per heavy atom. The number of ether oxygens (including phenoxy) is 3. The number of esters is 2. The van der Waals surface area contributed by atoms with Crippen molar-refractivity contribution in [3.63, 3.8) is 0 Å². The molecule has 0 bridgehead atoms. The lowest BCUT2D eigenvalue weighted by atomic mass is 10.0. The van der Waals surface area contributed by atoms with Crippen molar-refractivity contribution in [3.8, 4) is 0 Å². The van der Waals surface area contributed by atoms with Crippen molar-refractivity contribution < 1.29 is 38.8 Å². The summed E-state index contributed by atoms with van der Waals surface area (Å²) in [6, 6.07) is 0. The second-order valence-electron chi connectivity index (χ2n) is 7.86. The maximum Gasteiger partial charge on any atom is 0.348 e. The van der Waals surface area contributed by atoms with Crippen molar-refractivity contribution >= 4 is 17.9 Å². The Balaban J connectivity index is 2.88. The number of carboxylic acid groups (broad SMARTS) is 1. The van der Waals surface area contributed by atoms with Gasteiger partial charge in [0.2, 0.25) is 6.10 Å². The van der Waals surface area contributed by atoms with Gasteiger partial charge in [0, 0.05) is 12.0 Å². The van der Waals surface area contributed by atoms with Crippen LogP contribution in [0.3, 0.4) is 0 Å². The van der Waals surface area contributed by atoms with Crippen molar-refractivity contribution in [2.24, 2.45) is 11.8 Å². The van der Waals surface area contributed by atoms with Crippen molar-refractivity contribution in [1.29, 1.82) is 0 Å². The van der Waals surface area contributed by atoms with E-state index in [1.807, 2.05) is 6.92 Å². The average Bonchev–Trinajstić information content (AvgIpc) is 3.44. The highest BCUT2D eigenvalue weighted by molar-refractivity contribution is 5.82. The van der Waals surface area contributed by atoms with Gasteiger partial charge in [-0.25, -0.2) is 14.4 Å². The summed E-state index contributed by atoms with van der Waals surface area (Å²) in [6.45, 7) is 9.16. The molecule has 0 saturated carbocycles. The molecule has 1 saturated heterocycles. The fraction of sp³-hybridized carbons (Fsp3) is 0.591. The van der Waals surface area contributed by atoms with Gasteiger partial charge in [0.25, 0.3) is 0 Å². The van der Waals surface area contributed by atoms with Crippen molar-refractivity contribution in [2.75, 3.05) is 6.61 Å². The maximum atomic E-state index is 12.8. The Morgan fingerprint density at radius 3 is 2.17 bits per heavy atom. The first-order valence-electron chi connectivity index (χ1n) is 9.99. The molecule has 0 radical (unpaired) electrons. The van der Waals surface area contributed by atoms with Gasteiger partial charge in [0.1, 0.15) is 5.60 Å². The van der Waals surface area contributed by atoms with Crippen LogP contribution < -0.4 is 0 Å². The van der Waals surface area contributed by atoms with Crippen LogP contribution in [0.4, 0.5) is 0 Å². The largest absolute Gasteiger partial charge is 0.478 e. The van der Waals surface area contributed by atoms with Crippen LogP contribution in [0.25, 0.3) is 0 Å². The van der Waals surface area contributed by atoms with E-state index in [1.165, 1.54) is 12.2 Å². The van der Waals surface area contributed by atoms with E-state index in [2.05, 4.69) is 0 Å². The molecule has 168 valence electrons. The minimum atomic E-state index is -1.33. The predicted octanol–water partition coefficient (Wildman–Crippen LogP) is 2.42. The normalized spacial score (nSPS) is 22.9. The zero-order chi connectivity index (χ0) is 22.9. The Bertz CT molecular complexity index is 687. The van der Waals surface area contributed by atoms with Gasteiger partial charge in [0.15, 0.2) is 12.2 Å². The van der Waals surface area contributed by atoms with E-state index in [9.17, 15) is 19.5 Å². The second-order valence-corrected chi connectivity index (χ2v) is 7.86. The van der Waals surface area contributed by atoms with Crippen molar-refractivity contribution in [1.82, 2.24) is 0 Å². The third kappa shape index (κ3) is 8.12. The number of epoxide rings is 1. The highest BCUT2D eigenvalue weighted by Crippen LogP contribution is 2.33. The smallest absolute Gasteiger partial charge is 0.348 e. The van der Waals surface area contributed by atoms with Crippen LogP contribution in [0.1, 0.15) is 41.0 Å². The molecule has 0 spiro atoms.